The molecule has 0 amide bonds. The standard InChI is InChI=1S/C24H20O5/c1-26-18-7-3-5-16(11-18)13-23-24(25)21-10-9-20(14-22(21)29-23)28-15-17-6-4-8-19(12-17)27-2/h3-14H,15H2,1-2H3. The number of hydrogen-bond donors (Lipinski definition) is 0. The third kappa shape index (κ3) is 4.09. The summed E-state index contributed by atoms with van der Waals surface area (Å²) in [5, 5.41) is 0. The van der Waals surface area contributed by atoms with Gasteiger partial charge in [-0.2, -0.15) is 0 Å². The lowest BCUT2D eigenvalue weighted by atomic mass is 10.1. The first-order valence-corrected chi connectivity index (χ1v) is 9.14. The lowest BCUT2D eigenvalue weighted by Gasteiger charge is -2.08. The van der Waals surface area contributed by atoms with E-state index in [1.807, 2.05) is 48.5 Å². The number of fused-ring (bicyclic) bond motifs is 1. The highest BCUT2D eigenvalue weighted by atomic mass is 16.5. The first-order valence-electron chi connectivity index (χ1n) is 9.14. The SMILES string of the molecule is COc1cccc(C=C2Oc3cc(OCc4cccc(OC)c4)ccc3C2=O)c1. The van der Waals surface area contributed by atoms with Crippen LogP contribution in [0.2, 0.25) is 0 Å². The topological polar surface area (TPSA) is 54.0 Å². The zero-order chi connectivity index (χ0) is 20.2. The number of carbonyl (C=O) groups is 1. The molecule has 0 N–H and O–H groups in total. The summed E-state index contributed by atoms with van der Waals surface area (Å²) >= 11 is 0. The van der Waals surface area contributed by atoms with Gasteiger partial charge in [0.2, 0.25) is 5.78 Å². The van der Waals surface area contributed by atoms with Crippen LogP contribution < -0.4 is 18.9 Å². The number of rotatable bonds is 6. The van der Waals surface area contributed by atoms with E-state index < -0.39 is 0 Å². The smallest absolute Gasteiger partial charge is 0.231 e. The molecule has 0 fully saturated rings. The van der Waals surface area contributed by atoms with Gasteiger partial charge in [-0.05, 0) is 53.6 Å². The molecule has 1 aliphatic rings. The van der Waals surface area contributed by atoms with Gasteiger partial charge in [-0.15, -0.1) is 0 Å². The van der Waals surface area contributed by atoms with Crippen molar-refractivity contribution in [1.29, 1.82) is 0 Å². The minimum absolute atomic E-state index is 0.151. The summed E-state index contributed by atoms with van der Waals surface area (Å²) in [6.45, 7) is 0.385. The van der Waals surface area contributed by atoms with Crippen molar-refractivity contribution in [2.24, 2.45) is 0 Å². The Labute approximate surface area is 169 Å². The second-order valence-corrected chi connectivity index (χ2v) is 6.51. The molecule has 146 valence electrons. The Kier molecular flexibility index (Phi) is 5.20. The molecule has 0 saturated heterocycles. The van der Waals surface area contributed by atoms with Crippen LogP contribution >= 0.6 is 0 Å². The Balaban J connectivity index is 1.50. The van der Waals surface area contributed by atoms with Crippen LogP contribution in [0.5, 0.6) is 23.0 Å². The van der Waals surface area contributed by atoms with Gasteiger partial charge in [0, 0.05) is 6.07 Å². The van der Waals surface area contributed by atoms with Gasteiger partial charge in [0.25, 0.3) is 0 Å². The number of ketones is 1. The minimum atomic E-state index is -0.151. The van der Waals surface area contributed by atoms with Crippen molar-refractivity contribution in [1.82, 2.24) is 0 Å². The fourth-order valence-corrected chi connectivity index (χ4v) is 3.07. The molecule has 1 aliphatic heterocycles. The van der Waals surface area contributed by atoms with Crippen LogP contribution in [0, 0.1) is 0 Å². The zero-order valence-electron chi connectivity index (χ0n) is 16.2. The molecule has 0 bridgehead atoms. The van der Waals surface area contributed by atoms with Crippen LogP contribution in [-0.2, 0) is 6.61 Å². The van der Waals surface area contributed by atoms with Gasteiger partial charge < -0.3 is 18.9 Å². The molecular formula is C24H20O5. The molecule has 0 spiro atoms. The quantitative estimate of drug-likeness (QED) is 0.562. The molecule has 1 heterocycles. The Morgan fingerprint density at radius 3 is 2.41 bits per heavy atom. The van der Waals surface area contributed by atoms with E-state index in [1.54, 1.807) is 38.5 Å². The second kappa shape index (κ2) is 8.10. The van der Waals surface area contributed by atoms with E-state index in [9.17, 15) is 4.79 Å². The third-order valence-electron chi connectivity index (χ3n) is 4.57. The number of carbonyl (C=O) groups excluding carboxylic acids is 1. The van der Waals surface area contributed by atoms with Crippen LogP contribution in [0.1, 0.15) is 21.5 Å². The molecule has 4 rings (SSSR count). The summed E-state index contributed by atoms with van der Waals surface area (Å²) < 4.78 is 22.1. The van der Waals surface area contributed by atoms with Crippen LogP contribution in [0.15, 0.2) is 72.5 Å². The molecule has 0 aromatic heterocycles. The first kappa shape index (κ1) is 18.6. The predicted octanol–water partition coefficient (Wildman–Crippen LogP) is 4.90. The lowest BCUT2D eigenvalue weighted by Crippen LogP contribution is -1.98. The highest BCUT2D eigenvalue weighted by Gasteiger charge is 2.27. The van der Waals surface area contributed by atoms with Crippen molar-refractivity contribution in [2.45, 2.75) is 6.61 Å². The van der Waals surface area contributed by atoms with Crippen LogP contribution in [0.25, 0.3) is 6.08 Å². The zero-order valence-corrected chi connectivity index (χ0v) is 16.2. The van der Waals surface area contributed by atoms with Crippen LogP contribution in [-0.4, -0.2) is 20.0 Å². The van der Waals surface area contributed by atoms with Gasteiger partial charge >= 0.3 is 0 Å². The van der Waals surface area contributed by atoms with Gasteiger partial charge in [0.1, 0.15) is 29.6 Å². The number of ether oxygens (including phenoxy) is 4. The summed E-state index contributed by atoms with van der Waals surface area (Å²) in [7, 11) is 3.23. The number of allylic oxidation sites excluding steroid dienone is 1. The molecule has 0 saturated carbocycles. The molecule has 3 aromatic rings. The van der Waals surface area contributed by atoms with E-state index >= 15 is 0 Å². The Morgan fingerprint density at radius 1 is 0.862 bits per heavy atom. The summed E-state index contributed by atoms with van der Waals surface area (Å²) in [5.41, 5.74) is 2.34. The Bertz CT molecular complexity index is 1080. The van der Waals surface area contributed by atoms with E-state index in [0.29, 0.717) is 23.7 Å². The predicted molar refractivity (Wildman–Crippen MR) is 110 cm³/mol. The molecule has 5 nitrogen and oxygen atoms in total. The van der Waals surface area contributed by atoms with E-state index in [2.05, 4.69) is 0 Å². The Hall–Kier alpha value is -3.73. The van der Waals surface area contributed by atoms with E-state index in [1.165, 1.54) is 0 Å². The molecule has 0 unspecified atom stereocenters. The van der Waals surface area contributed by atoms with E-state index in [0.717, 1.165) is 22.6 Å². The minimum Gasteiger partial charge on any atom is -0.497 e. The van der Waals surface area contributed by atoms with Crippen molar-refractivity contribution < 1.29 is 23.7 Å². The molecular weight excluding hydrogens is 368 g/mol. The molecule has 5 heteroatoms. The van der Waals surface area contributed by atoms with E-state index in [-0.39, 0.29) is 11.5 Å². The average Bonchev–Trinajstić information content (AvgIpc) is 3.07. The van der Waals surface area contributed by atoms with Crippen molar-refractivity contribution in [3.05, 3.63) is 89.2 Å². The number of Topliss-reactive ketones (excluding diaryl/α,β-unsaturated/α-hetero) is 1. The van der Waals surface area contributed by atoms with Crippen molar-refractivity contribution in [3.63, 3.8) is 0 Å². The molecule has 3 aromatic carbocycles. The molecule has 0 aliphatic carbocycles. The summed E-state index contributed by atoms with van der Waals surface area (Å²) in [4.78, 5) is 12.6. The fraction of sp³-hybridized carbons (Fsp3) is 0.125. The molecule has 29 heavy (non-hydrogen) atoms. The molecule has 0 atom stereocenters. The highest BCUT2D eigenvalue weighted by molar-refractivity contribution is 6.14. The second-order valence-electron chi connectivity index (χ2n) is 6.51. The van der Waals surface area contributed by atoms with Crippen molar-refractivity contribution >= 4 is 11.9 Å². The van der Waals surface area contributed by atoms with Crippen LogP contribution in [0.4, 0.5) is 0 Å². The third-order valence-corrected chi connectivity index (χ3v) is 4.57. The van der Waals surface area contributed by atoms with Gasteiger partial charge in [-0.1, -0.05) is 24.3 Å². The fourth-order valence-electron chi connectivity index (χ4n) is 3.07. The largest absolute Gasteiger partial charge is 0.497 e. The monoisotopic (exact) mass is 388 g/mol. The van der Waals surface area contributed by atoms with Crippen molar-refractivity contribution in [2.75, 3.05) is 14.2 Å². The van der Waals surface area contributed by atoms with E-state index in [4.69, 9.17) is 18.9 Å². The van der Waals surface area contributed by atoms with Crippen LogP contribution in [0.3, 0.4) is 0 Å². The maximum absolute atomic E-state index is 12.6. The summed E-state index contributed by atoms with van der Waals surface area (Å²) in [6.07, 6.45) is 1.71. The van der Waals surface area contributed by atoms with Gasteiger partial charge in [0.05, 0.1) is 19.8 Å². The molecule has 0 radical (unpaired) electrons. The van der Waals surface area contributed by atoms with Gasteiger partial charge in [-0.25, -0.2) is 0 Å². The number of benzene rings is 3. The number of methoxy groups -OCH3 is 2. The van der Waals surface area contributed by atoms with Gasteiger partial charge in [-0.3, -0.25) is 4.79 Å². The number of hydrogen-bond acceptors (Lipinski definition) is 5. The highest BCUT2D eigenvalue weighted by Crippen LogP contribution is 2.35. The Morgan fingerprint density at radius 2 is 1.62 bits per heavy atom. The normalized spacial score (nSPS) is 13.7. The lowest BCUT2D eigenvalue weighted by molar-refractivity contribution is 0.101. The average molecular weight is 388 g/mol. The van der Waals surface area contributed by atoms with Gasteiger partial charge in [0.15, 0.2) is 5.76 Å². The maximum Gasteiger partial charge on any atom is 0.231 e. The summed E-state index contributed by atoms with van der Waals surface area (Å²) in [5.74, 6) is 2.74. The summed E-state index contributed by atoms with van der Waals surface area (Å²) in [6, 6.07) is 20.4. The first-order chi connectivity index (χ1) is 14.2. The van der Waals surface area contributed by atoms with Crippen molar-refractivity contribution in [3.8, 4) is 23.0 Å². The maximum atomic E-state index is 12.6.